The van der Waals surface area contributed by atoms with Crippen LogP contribution >= 0.6 is 0 Å². The zero-order valence-corrected chi connectivity index (χ0v) is 9.72. The van der Waals surface area contributed by atoms with Gasteiger partial charge in [0, 0.05) is 13.3 Å². The Bertz CT molecular complexity index is 176. The highest BCUT2D eigenvalue weighted by Crippen LogP contribution is 2.09. The van der Waals surface area contributed by atoms with E-state index in [4.69, 9.17) is 0 Å². The van der Waals surface area contributed by atoms with Crippen LogP contribution in [0.5, 0.6) is 0 Å². The van der Waals surface area contributed by atoms with Crippen LogP contribution in [-0.2, 0) is 0 Å². The topological polar surface area (TPSA) is 12.4 Å². The molecule has 0 saturated carbocycles. The predicted octanol–water partition coefficient (Wildman–Crippen LogP) is 4.02. The SMILES string of the molecule is C=C/C(C)=C(\C=NC)CCC.CC. The predicted molar refractivity (Wildman–Crippen MR) is 63.6 cm³/mol. The molecule has 13 heavy (non-hydrogen) atoms. The van der Waals surface area contributed by atoms with Crippen LogP contribution in [-0.4, -0.2) is 13.3 Å². The molecule has 0 bridgehead atoms. The average Bonchev–Trinajstić information content (AvgIpc) is 2.19. The zero-order chi connectivity index (χ0) is 10.7. The van der Waals surface area contributed by atoms with Crippen LogP contribution in [0.15, 0.2) is 28.8 Å². The van der Waals surface area contributed by atoms with Gasteiger partial charge in [-0.3, -0.25) is 4.99 Å². The maximum atomic E-state index is 3.99. The van der Waals surface area contributed by atoms with Crippen LogP contribution < -0.4 is 0 Å². The van der Waals surface area contributed by atoms with Gasteiger partial charge in [-0.15, -0.1) is 0 Å². The number of aliphatic imine (C=N–C) groups is 1. The van der Waals surface area contributed by atoms with Crippen molar-refractivity contribution in [3.8, 4) is 0 Å². The molecule has 0 spiro atoms. The van der Waals surface area contributed by atoms with E-state index in [2.05, 4.69) is 25.4 Å². The van der Waals surface area contributed by atoms with E-state index in [1.165, 1.54) is 11.1 Å². The van der Waals surface area contributed by atoms with Crippen molar-refractivity contribution in [1.29, 1.82) is 0 Å². The van der Waals surface area contributed by atoms with E-state index in [9.17, 15) is 0 Å². The van der Waals surface area contributed by atoms with E-state index in [-0.39, 0.29) is 0 Å². The fourth-order valence-electron chi connectivity index (χ4n) is 0.920. The Morgan fingerprint density at radius 3 is 2.23 bits per heavy atom. The molecule has 0 heterocycles. The van der Waals surface area contributed by atoms with Gasteiger partial charge >= 0.3 is 0 Å². The Labute approximate surface area is 83.3 Å². The van der Waals surface area contributed by atoms with Gasteiger partial charge in [-0.1, -0.05) is 39.8 Å². The van der Waals surface area contributed by atoms with Gasteiger partial charge in [0.2, 0.25) is 0 Å². The van der Waals surface area contributed by atoms with Crippen LogP contribution in [0.4, 0.5) is 0 Å². The lowest BCUT2D eigenvalue weighted by Gasteiger charge is -2.01. The lowest BCUT2D eigenvalue weighted by atomic mass is 10.1. The van der Waals surface area contributed by atoms with Gasteiger partial charge in [0.1, 0.15) is 0 Å². The first-order chi connectivity index (χ1) is 6.26. The Morgan fingerprint density at radius 2 is 1.92 bits per heavy atom. The van der Waals surface area contributed by atoms with Crippen molar-refractivity contribution < 1.29 is 0 Å². The standard InChI is InChI=1S/C10H17N.C2H6/c1-5-7-10(8-11-4)9(3)6-2;1-2/h6,8H,2,5,7H2,1,3-4H3;1-2H3/b10-9-,11-8?;. The van der Waals surface area contributed by atoms with Crippen LogP contribution in [0.2, 0.25) is 0 Å². The second-order valence-corrected chi connectivity index (χ2v) is 2.55. The highest BCUT2D eigenvalue weighted by Gasteiger charge is 1.94. The van der Waals surface area contributed by atoms with Crippen molar-refractivity contribution in [3.05, 3.63) is 23.8 Å². The van der Waals surface area contributed by atoms with Gasteiger partial charge in [0.25, 0.3) is 0 Å². The third kappa shape index (κ3) is 7.51. The Balaban J connectivity index is 0. The number of nitrogens with zero attached hydrogens (tertiary/aromatic N) is 1. The highest BCUT2D eigenvalue weighted by molar-refractivity contribution is 5.80. The minimum absolute atomic E-state index is 1.09. The first-order valence-electron chi connectivity index (χ1n) is 5.00. The average molecular weight is 181 g/mol. The molecule has 0 aliphatic rings. The second-order valence-electron chi connectivity index (χ2n) is 2.55. The van der Waals surface area contributed by atoms with Gasteiger partial charge in [-0.05, 0) is 24.5 Å². The number of rotatable bonds is 4. The molecule has 0 atom stereocenters. The van der Waals surface area contributed by atoms with Crippen LogP contribution in [0.1, 0.15) is 40.5 Å². The van der Waals surface area contributed by atoms with Crippen molar-refractivity contribution in [2.75, 3.05) is 7.05 Å². The summed E-state index contributed by atoms with van der Waals surface area (Å²) in [6.45, 7) is 12.0. The molecule has 0 N–H and O–H groups in total. The number of hydrogen-bond donors (Lipinski definition) is 0. The summed E-state index contributed by atoms with van der Waals surface area (Å²) in [5.74, 6) is 0. The summed E-state index contributed by atoms with van der Waals surface area (Å²) in [5, 5.41) is 0. The monoisotopic (exact) mass is 181 g/mol. The highest BCUT2D eigenvalue weighted by atomic mass is 14.6. The molecule has 0 aliphatic heterocycles. The summed E-state index contributed by atoms with van der Waals surface area (Å²) in [7, 11) is 1.80. The summed E-state index contributed by atoms with van der Waals surface area (Å²) in [6.07, 6.45) is 6.05. The lowest BCUT2D eigenvalue weighted by molar-refractivity contribution is 0.931. The van der Waals surface area contributed by atoms with Crippen molar-refractivity contribution in [3.63, 3.8) is 0 Å². The van der Waals surface area contributed by atoms with E-state index < -0.39 is 0 Å². The molecule has 0 aromatic heterocycles. The summed E-state index contributed by atoms with van der Waals surface area (Å²) >= 11 is 0. The second kappa shape index (κ2) is 11.2. The number of allylic oxidation sites excluding steroid dienone is 3. The van der Waals surface area contributed by atoms with E-state index in [1.54, 1.807) is 7.05 Å². The summed E-state index contributed by atoms with van der Waals surface area (Å²) in [5.41, 5.74) is 2.53. The smallest absolute Gasteiger partial charge is 0.0277 e. The normalized spacial score (nSPS) is 11.8. The Morgan fingerprint density at radius 1 is 1.38 bits per heavy atom. The molecule has 76 valence electrons. The van der Waals surface area contributed by atoms with Crippen molar-refractivity contribution in [2.45, 2.75) is 40.5 Å². The van der Waals surface area contributed by atoms with Gasteiger partial charge in [0.15, 0.2) is 0 Å². The van der Waals surface area contributed by atoms with Gasteiger partial charge in [-0.25, -0.2) is 0 Å². The number of hydrogen-bond acceptors (Lipinski definition) is 1. The first kappa shape index (κ1) is 14.7. The first-order valence-corrected chi connectivity index (χ1v) is 5.00. The fourth-order valence-corrected chi connectivity index (χ4v) is 0.920. The van der Waals surface area contributed by atoms with Gasteiger partial charge < -0.3 is 0 Å². The molecule has 0 fully saturated rings. The van der Waals surface area contributed by atoms with Crippen molar-refractivity contribution in [1.82, 2.24) is 0 Å². The van der Waals surface area contributed by atoms with E-state index in [0.717, 1.165) is 12.8 Å². The molecule has 0 radical (unpaired) electrons. The molecule has 0 aromatic rings. The molecule has 0 unspecified atom stereocenters. The Hall–Kier alpha value is -0.850. The maximum Gasteiger partial charge on any atom is 0.0277 e. The summed E-state index contributed by atoms with van der Waals surface area (Å²) in [6, 6.07) is 0. The fraction of sp³-hybridized carbons (Fsp3) is 0.583. The van der Waals surface area contributed by atoms with E-state index in [1.807, 2.05) is 26.1 Å². The molecule has 0 amide bonds. The van der Waals surface area contributed by atoms with Crippen molar-refractivity contribution >= 4 is 6.21 Å². The zero-order valence-electron chi connectivity index (χ0n) is 9.72. The van der Waals surface area contributed by atoms with Gasteiger partial charge in [-0.2, -0.15) is 0 Å². The van der Waals surface area contributed by atoms with Crippen molar-refractivity contribution in [2.24, 2.45) is 4.99 Å². The largest absolute Gasteiger partial charge is 0.296 e. The molecule has 1 nitrogen and oxygen atoms in total. The minimum Gasteiger partial charge on any atom is -0.296 e. The van der Waals surface area contributed by atoms with Gasteiger partial charge in [0.05, 0.1) is 0 Å². The molecular weight excluding hydrogens is 158 g/mol. The third-order valence-electron chi connectivity index (χ3n) is 1.62. The quantitative estimate of drug-likeness (QED) is 0.459. The lowest BCUT2D eigenvalue weighted by Crippen LogP contribution is -1.88. The Kier molecular flexibility index (Phi) is 12.6. The third-order valence-corrected chi connectivity index (χ3v) is 1.62. The molecule has 0 saturated heterocycles. The summed E-state index contributed by atoms with van der Waals surface area (Å²) < 4.78 is 0. The molecule has 0 aromatic carbocycles. The van der Waals surface area contributed by atoms with E-state index in [0.29, 0.717) is 0 Å². The minimum atomic E-state index is 1.09. The summed E-state index contributed by atoms with van der Waals surface area (Å²) in [4.78, 5) is 3.99. The molecule has 1 heteroatoms. The van der Waals surface area contributed by atoms with Crippen LogP contribution in [0.3, 0.4) is 0 Å². The van der Waals surface area contributed by atoms with Crippen LogP contribution in [0.25, 0.3) is 0 Å². The molecular formula is C12H23N. The maximum absolute atomic E-state index is 3.99. The van der Waals surface area contributed by atoms with E-state index >= 15 is 0 Å². The van der Waals surface area contributed by atoms with Crippen LogP contribution in [0, 0.1) is 0 Å². The molecule has 0 aliphatic carbocycles. The molecule has 0 rings (SSSR count).